The van der Waals surface area contributed by atoms with Gasteiger partial charge in [-0.05, 0) is 53.4 Å². The molecule has 0 spiro atoms. The van der Waals surface area contributed by atoms with Crippen molar-refractivity contribution in [1.29, 1.82) is 5.26 Å². The van der Waals surface area contributed by atoms with E-state index in [9.17, 15) is 0 Å². The number of benzene rings is 1. The summed E-state index contributed by atoms with van der Waals surface area (Å²) < 4.78 is 6.48. The van der Waals surface area contributed by atoms with E-state index in [2.05, 4.69) is 27.3 Å². The van der Waals surface area contributed by atoms with E-state index in [-0.39, 0.29) is 0 Å². The van der Waals surface area contributed by atoms with Crippen LogP contribution in [-0.4, -0.2) is 19.3 Å². The van der Waals surface area contributed by atoms with Crippen molar-refractivity contribution in [1.82, 2.24) is 0 Å². The van der Waals surface area contributed by atoms with Gasteiger partial charge in [-0.25, -0.2) is 0 Å². The molecule has 1 atom stereocenters. The normalized spacial score (nSPS) is 19.6. The molecule has 0 aromatic heterocycles. The number of hydrogen-bond donors (Lipinski definition) is 1. The van der Waals surface area contributed by atoms with E-state index in [0.29, 0.717) is 11.7 Å². The van der Waals surface area contributed by atoms with E-state index >= 15 is 0 Å². The van der Waals surface area contributed by atoms with Gasteiger partial charge in [0.15, 0.2) is 0 Å². The lowest BCUT2D eigenvalue weighted by molar-refractivity contribution is 0.0247. The van der Waals surface area contributed by atoms with Crippen molar-refractivity contribution in [3.63, 3.8) is 0 Å². The molecule has 90 valence electrons. The second-order valence-corrected chi connectivity index (χ2v) is 5.03. The number of halogens is 1. The third-order valence-electron chi connectivity index (χ3n) is 2.90. The molecule has 0 radical (unpaired) electrons. The van der Waals surface area contributed by atoms with Crippen LogP contribution in [0, 0.1) is 11.3 Å². The maximum Gasteiger partial charge on any atom is 0.100 e. The molecule has 1 aromatic carbocycles. The minimum Gasteiger partial charge on any atom is -0.382 e. The van der Waals surface area contributed by atoms with Crippen LogP contribution in [0.15, 0.2) is 22.7 Å². The van der Waals surface area contributed by atoms with E-state index in [1.807, 2.05) is 18.2 Å². The summed E-state index contributed by atoms with van der Waals surface area (Å²) in [5, 5.41) is 12.2. The predicted molar refractivity (Wildman–Crippen MR) is 70.9 cm³/mol. The average molecular weight is 295 g/mol. The van der Waals surface area contributed by atoms with Crippen molar-refractivity contribution >= 4 is 21.6 Å². The van der Waals surface area contributed by atoms with Gasteiger partial charge in [-0.1, -0.05) is 0 Å². The van der Waals surface area contributed by atoms with Gasteiger partial charge in [-0.15, -0.1) is 0 Å². The van der Waals surface area contributed by atoms with Crippen LogP contribution in [0.3, 0.4) is 0 Å². The second-order valence-electron chi connectivity index (χ2n) is 4.18. The Morgan fingerprint density at radius 2 is 2.35 bits per heavy atom. The lowest BCUT2D eigenvalue weighted by Gasteiger charge is -2.23. The number of nitriles is 1. The summed E-state index contributed by atoms with van der Waals surface area (Å²) in [7, 11) is 0. The Bertz CT molecular complexity index is 422. The molecule has 1 aromatic rings. The molecule has 1 N–H and O–H groups in total. The summed E-state index contributed by atoms with van der Waals surface area (Å²) in [5.74, 6) is 0. The molecule has 1 saturated heterocycles. The first-order valence-corrected chi connectivity index (χ1v) is 6.64. The van der Waals surface area contributed by atoms with Crippen molar-refractivity contribution in [3.8, 4) is 6.07 Å². The Morgan fingerprint density at radius 3 is 3.00 bits per heavy atom. The fourth-order valence-corrected chi connectivity index (χ4v) is 2.38. The molecular formula is C13H15BrN2O. The minimum absolute atomic E-state index is 0.318. The number of ether oxygens (including phenoxy) is 1. The third kappa shape index (κ3) is 3.45. The summed E-state index contributed by atoms with van der Waals surface area (Å²) in [6, 6.07) is 7.80. The van der Waals surface area contributed by atoms with Gasteiger partial charge in [0.05, 0.1) is 11.7 Å². The lowest BCUT2D eigenvalue weighted by Crippen LogP contribution is -2.26. The van der Waals surface area contributed by atoms with Gasteiger partial charge >= 0.3 is 0 Å². The largest absolute Gasteiger partial charge is 0.382 e. The zero-order chi connectivity index (χ0) is 12.1. The van der Waals surface area contributed by atoms with Crippen molar-refractivity contribution in [2.24, 2.45) is 0 Å². The van der Waals surface area contributed by atoms with Crippen LogP contribution in [0.5, 0.6) is 0 Å². The van der Waals surface area contributed by atoms with Crippen molar-refractivity contribution in [2.75, 3.05) is 18.5 Å². The van der Waals surface area contributed by atoms with E-state index in [1.54, 1.807) is 0 Å². The Labute approximate surface area is 110 Å². The fraction of sp³-hybridized carbons (Fsp3) is 0.462. The first-order valence-electron chi connectivity index (χ1n) is 5.85. The average Bonchev–Trinajstić information content (AvgIpc) is 2.38. The molecule has 2 rings (SSSR count). The summed E-state index contributed by atoms with van der Waals surface area (Å²) in [5.41, 5.74) is 1.68. The Morgan fingerprint density at radius 1 is 1.47 bits per heavy atom. The summed E-state index contributed by atoms with van der Waals surface area (Å²) >= 11 is 3.38. The molecule has 0 bridgehead atoms. The molecule has 0 aliphatic carbocycles. The SMILES string of the molecule is N#Cc1ccc(NCC2CCCCO2)cc1Br. The van der Waals surface area contributed by atoms with Crippen molar-refractivity contribution in [3.05, 3.63) is 28.2 Å². The molecular weight excluding hydrogens is 280 g/mol. The van der Waals surface area contributed by atoms with Gasteiger partial charge in [-0.3, -0.25) is 0 Å². The van der Waals surface area contributed by atoms with E-state index in [4.69, 9.17) is 10.00 Å². The number of rotatable bonds is 3. The van der Waals surface area contributed by atoms with Crippen LogP contribution in [0.4, 0.5) is 5.69 Å². The molecule has 1 unspecified atom stereocenters. The molecule has 1 aliphatic heterocycles. The Hall–Kier alpha value is -1.05. The summed E-state index contributed by atoms with van der Waals surface area (Å²) in [6.07, 6.45) is 3.88. The van der Waals surface area contributed by atoms with Gasteiger partial charge in [-0.2, -0.15) is 5.26 Å². The number of nitrogens with one attached hydrogen (secondary N) is 1. The maximum absolute atomic E-state index is 8.82. The molecule has 17 heavy (non-hydrogen) atoms. The topological polar surface area (TPSA) is 45.0 Å². The number of hydrogen-bond acceptors (Lipinski definition) is 3. The van der Waals surface area contributed by atoms with E-state index < -0.39 is 0 Å². The standard InChI is InChI=1S/C13H15BrN2O/c14-13-7-11(5-4-10(13)8-15)16-9-12-3-1-2-6-17-12/h4-5,7,12,16H,1-3,6,9H2. The van der Waals surface area contributed by atoms with Gasteiger partial charge in [0.1, 0.15) is 6.07 Å². The van der Waals surface area contributed by atoms with Crippen molar-refractivity contribution < 1.29 is 4.74 Å². The van der Waals surface area contributed by atoms with E-state index in [1.165, 1.54) is 12.8 Å². The Balaban J connectivity index is 1.90. The number of anilines is 1. The third-order valence-corrected chi connectivity index (χ3v) is 3.55. The van der Waals surface area contributed by atoms with E-state index in [0.717, 1.165) is 29.7 Å². The molecule has 1 fully saturated rings. The predicted octanol–water partition coefficient (Wildman–Crippen LogP) is 3.30. The van der Waals surface area contributed by atoms with Crippen LogP contribution in [0.2, 0.25) is 0 Å². The molecule has 0 saturated carbocycles. The summed E-state index contributed by atoms with van der Waals surface area (Å²) in [6.45, 7) is 1.71. The molecule has 4 heteroatoms. The van der Waals surface area contributed by atoms with Gasteiger partial charge < -0.3 is 10.1 Å². The lowest BCUT2D eigenvalue weighted by atomic mass is 10.1. The molecule has 3 nitrogen and oxygen atoms in total. The fourth-order valence-electron chi connectivity index (χ4n) is 1.92. The maximum atomic E-state index is 8.82. The smallest absolute Gasteiger partial charge is 0.100 e. The first-order chi connectivity index (χ1) is 8.29. The number of nitrogens with zero attached hydrogens (tertiary/aromatic N) is 1. The Kier molecular flexibility index (Phi) is 4.41. The van der Waals surface area contributed by atoms with Gasteiger partial charge in [0.2, 0.25) is 0 Å². The van der Waals surface area contributed by atoms with Crippen LogP contribution in [-0.2, 0) is 4.74 Å². The van der Waals surface area contributed by atoms with Gasteiger partial charge in [0.25, 0.3) is 0 Å². The summed E-state index contributed by atoms with van der Waals surface area (Å²) in [4.78, 5) is 0. The van der Waals surface area contributed by atoms with Crippen LogP contribution in [0.1, 0.15) is 24.8 Å². The molecule has 1 aliphatic rings. The highest BCUT2D eigenvalue weighted by Crippen LogP contribution is 2.21. The highest BCUT2D eigenvalue weighted by atomic mass is 79.9. The second kappa shape index (κ2) is 6.04. The van der Waals surface area contributed by atoms with Crippen LogP contribution in [0.25, 0.3) is 0 Å². The van der Waals surface area contributed by atoms with Gasteiger partial charge in [0, 0.05) is 23.3 Å². The zero-order valence-corrected chi connectivity index (χ0v) is 11.2. The highest BCUT2D eigenvalue weighted by molar-refractivity contribution is 9.10. The monoisotopic (exact) mass is 294 g/mol. The molecule has 0 amide bonds. The van der Waals surface area contributed by atoms with Crippen molar-refractivity contribution in [2.45, 2.75) is 25.4 Å². The minimum atomic E-state index is 0.318. The quantitative estimate of drug-likeness (QED) is 0.930. The highest BCUT2D eigenvalue weighted by Gasteiger charge is 2.13. The van der Waals surface area contributed by atoms with Crippen LogP contribution < -0.4 is 5.32 Å². The molecule has 1 heterocycles. The first kappa shape index (κ1) is 12.4. The van der Waals surface area contributed by atoms with Crippen LogP contribution >= 0.6 is 15.9 Å². The zero-order valence-electron chi connectivity index (χ0n) is 9.58.